The van der Waals surface area contributed by atoms with Gasteiger partial charge in [-0.1, -0.05) is 48.2 Å². The van der Waals surface area contributed by atoms with E-state index in [0.717, 1.165) is 32.5 Å². The summed E-state index contributed by atoms with van der Waals surface area (Å²) in [5.74, 6) is 0.799. The predicted molar refractivity (Wildman–Crippen MR) is 109 cm³/mol. The van der Waals surface area contributed by atoms with Gasteiger partial charge in [0.2, 0.25) is 0 Å². The zero-order valence-corrected chi connectivity index (χ0v) is 16.0. The number of hydrogen-bond acceptors (Lipinski definition) is 3. The number of fused-ring (bicyclic) bond motifs is 2. The quantitative estimate of drug-likeness (QED) is 0.631. The van der Waals surface area contributed by atoms with Crippen LogP contribution < -0.4 is 15.0 Å². The van der Waals surface area contributed by atoms with Gasteiger partial charge in [-0.25, -0.2) is 4.79 Å². The van der Waals surface area contributed by atoms with Gasteiger partial charge < -0.3 is 10.1 Å². The van der Waals surface area contributed by atoms with Gasteiger partial charge in [0, 0.05) is 9.79 Å². The summed E-state index contributed by atoms with van der Waals surface area (Å²) in [6, 6.07) is 23.4. The lowest BCUT2D eigenvalue weighted by molar-refractivity contribution is 0.245. The van der Waals surface area contributed by atoms with Crippen LogP contribution in [0.25, 0.3) is 0 Å². The van der Waals surface area contributed by atoms with Gasteiger partial charge in [-0.15, -0.1) is 0 Å². The monoisotopic (exact) mass is 376 g/mol. The number of nitrogens with one attached hydrogen (secondary N) is 1. The second-order valence-electron chi connectivity index (χ2n) is 6.32. The summed E-state index contributed by atoms with van der Waals surface area (Å²) in [5.41, 5.74) is 2.83. The average Bonchev–Trinajstić information content (AvgIpc) is 2.71. The molecule has 136 valence electrons. The zero-order valence-electron chi connectivity index (χ0n) is 15.2. The van der Waals surface area contributed by atoms with E-state index in [0.29, 0.717) is 0 Å². The van der Waals surface area contributed by atoms with E-state index in [1.165, 1.54) is 0 Å². The number of benzene rings is 3. The first kappa shape index (κ1) is 17.5. The molecule has 0 aliphatic carbocycles. The van der Waals surface area contributed by atoms with Crippen molar-refractivity contribution >= 4 is 29.2 Å². The lowest BCUT2D eigenvalue weighted by Crippen LogP contribution is -2.39. The Morgan fingerprint density at radius 3 is 2.04 bits per heavy atom. The lowest BCUT2D eigenvalue weighted by Gasteiger charge is -2.32. The third-order valence-electron chi connectivity index (χ3n) is 4.59. The Labute approximate surface area is 163 Å². The normalized spacial score (nSPS) is 13.3. The number of methoxy groups -OCH3 is 1. The molecule has 5 heteroatoms. The largest absolute Gasteiger partial charge is 0.497 e. The van der Waals surface area contributed by atoms with Crippen molar-refractivity contribution in [2.75, 3.05) is 12.0 Å². The van der Waals surface area contributed by atoms with Crippen LogP contribution in [0.1, 0.15) is 18.5 Å². The van der Waals surface area contributed by atoms with E-state index in [1.807, 2.05) is 79.7 Å². The molecule has 4 nitrogen and oxygen atoms in total. The van der Waals surface area contributed by atoms with Crippen LogP contribution in [0.4, 0.5) is 16.2 Å². The first-order valence-electron chi connectivity index (χ1n) is 8.78. The van der Waals surface area contributed by atoms with E-state index in [4.69, 9.17) is 4.74 Å². The fourth-order valence-electron chi connectivity index (χ4n) is 3.15. The van der Waals surface area contributed by atoms with Gasteiger partial charge >= 0.3 is 6.03 Å². The minimum absolute atomic E-state index is 0.127. The first-order valence-corrected chi connectivity index (χ1v) is 9.59. The molecule has 0 radical (unpaired) electrons. The van der Waals surface area contributed by atoms with Crippen LogP contribution >= 0.6 is 11.8 Å². The lowest BCUT2D eigenvalue weighted by atomic mass is 10.1. The minimum Gasteiger partial charge on any atom is -0.497 e. The molecule has 0 bridgehead atoms. The topological polar surface area (TPSA) is 41.6 Å². The van der Waals surface area contributed by atoms with Crippen molar-refractivity contribution in [3.05, 3.63) is 78.4 Å². The van der Waals surface area contributed by atoms with Gasteiger partial charge in [0.05, 0.1) is 24.5 Å². The van der Waals surface area contributed by atoms with Crippen LogP contribution in [0.2, 0.25) is 0 Å². The molecule has 0 saturated heterocycles. The zero-order chi connectivity index (χ0) is 18.8. The van der Waals surface area contributed by atoms with E-state index in [9.17, 15) is 4.79 Å². The van der Waals surface area contributed by atoms with Crippen molar-refractivity contribution in [3.63, 3.8) is 0 Å². The molecule has 1 aliphatic heterocycles. The Bertz CT molecular complexity index is 927. The molecule has 1 N–H and O–H groups in total. The number of urea groups is 1. The van der Waals surface area contributed by atoms with Crippen molar-refractivity contribution in [2.45, 2.75) is 22.8 Å². The van der Waals surface area contributed by atoms with Gasteiger partial charge in [-0.05, 0) is 48.9 Å². The van der Waals surface area contributed by atoms with Gasteiger partial charge in [-0.3, -0.25) is 4.90 Å². The Kier molecular flexibility index (Phi) is 4.77. The van der Waals surface area contributed by atoms with E-state index >= 15 is 0 Å². The number of carbonyl (C=O) groups excluding carboxylic acids is 1. The van der Waals surface area contributed by atoms with Crippen LogP contribution in [0, 0.1) is 0 Å². The highest BCUT2D eigenvalue weighted by Gasteiger charge is 2.28. The number of hydrogen-bond donors (Lipinski definition) is 1. The summed E-state index contributed by atoms with van der Waals surface area (Å²) >= 11 is 1.69. The third-order valence-corrected chi connectivity index (χ3v) is 5.72. The number of nitrogens with zero attached hydrogens (tertiary/aromatic N) is 1. The molecule has 1 atom stereocenters. The Morgan fingerprint density at radius 1 is 0.926 bits per heavy atom. The van der Waals surface area contributed by atoms with Crippen molar-refractivity contribution < 1.29 is 9.53 Å². The summed E-state index contributed by atoms with van der Waals surface area (Å²) in [7, 11) is 1.64. The second kappa shape index (κ2) is 7.37. The third kappa shape index (κ3) is 3.38. The highest BCUT2D eigenvalue weighted by Crippen LogP contribution is 2.47. The SMILES string of the molecule is COc1ccc([C@@H](C)NC(=O)N2c3ccccc3Sc3ccccc32)cc1. The molecule has 3 aromatic rings. The molecule has 1 heterocycles. The highest BCUT2D eigenvalue weighted by molar-refractivity contribution is 7.99. The van der Waals surface area contributed by atoms with Gasteiger partial charge in [0.1, 0.15) is 5.75 Å². The molecular formula is C22H20N2O2S. The molecule has 2 amide bonds. The van der Waals surface area contributed by atoms with Gasteiger partial charge in [0.25, 0.3) is 0 Å². The van der Waals surface area contributed by atoms with Crippen LogP contribution in [-0.4, -0.2) is 13.1 Å². The molecule has 0 spiro atoms. The van der Waals surface area contributed by atoms with Crippen molar-refractivity contribution in [1.82, 2.24) is 5.32 Å². The molecule has 3 aromatic carbocycles. The van der Waals surface area contributed by atoms with Crippen molar-refractivity contribution in [1.29, 1.82) is 0 Å². The minimum atomic E-state index is -0.140. The number of para-hydroxylation sites is 2. The summed E-state index contributed by atoms with van der Waals surface area (Å²) in [5, 5.41) is 3.12. The van der Waals surface area contributed by atoms with Crippen molar-refractivity contribution in [2.24, 2.45) is 0 Å². The van der Waals surface area contributed by atoms with E-state index in [2.05, 4.69) is 5.32 Å². The number of carbonyl (C=O) groups is 1. The summed E-state index contributed by atoms with van der Waals surface area (Å²) in [6.45, 7) is 1.98. The maximum Gasteiger partial charge on any atom is 0.327 e. The smallest absolute Gasteiger partial charge is 0.327 e. The summed E-state index contributed by atoms with van der Waals surface area (Å²) in [4.78, 5) is 17.1. The Balaban J connectivity index is 1.63. The maximum atomic E-state index is 13.2. The Morgan fingerprint density at radius 2 is 1.48 bits per heavy atom. The number of rotatable bonds is 3. The Hall–Kier alpha value is -2.92. The fraction of sp³-hybridized carbons (Fsp3) is 0.136. The van der Waals surface area contributed by atoms with Gasteiger partial charge in [0.15, 0.2) is 0 Å². The van der Waals surface area contributed by atoms with E-state index in [1.54, 1.807) is 23.8 Å². The number of amides is 2. The van der Waals surface area contributed by atoms with Crippen LogP contribution in [0.5, 0.6) is 5.75 Å². The van der Waals surface area contributed by atoms with E-state index in [-0.39, 0.29) is 12.1 Å². The maximum absolute atomic E-state index is 13.2. The molecule has 0 unspecified atom stereocenters. The molecule has 0 fully saturated rings. The second-order valence-corrected chi connectivity index (χ2v) is 7.40. The van der Waals surface area contributed by atoms with Gasteiger partial charge in [-0.2, -0.15) is 0 Å². The van der Waals surface area contributed by atoms with E-state index < -0.39 is 0 Å². The number of ether oxygens (including phenoxy) is 1. The molecule has 27 heavy (non-hydrogen) atoms. The molecular weight excluding hydrogens is 356 g/mol. The molecule has 4 rings (SSSR count). The molecule has 1 aliphatic rings. The fourth-order valence-corrected chi connectivity index (χ4v) is 4.21. The average molecular weight is 376 g/mol. The number of anilines is 2. The summed E-state index contributed by atoms with van der Waals surface area (Å²) in [6.07, 6.45) is 0. The predicted octanol–water partition coefficient (Wildman–Crippen LogP) is 5.77. The molecule has 0 aromatic heterocycles. The van der Waals surface area contributed by atoms with Crippen molar-refractivity contribution in [3.8, 4) is 5.75 Å². The summed E-state index contributed by atoms with van der Waals surface area (Å²) < 4.78 is 5.21. The first-order chi connectivity index (χ1) is 13.2. The molecule has 0 saturated carbocycles. The highest BCUT2D eigenvalue weighted by atomic mass is 32.2. The van der Waals surface area contributed by atoms with Crippen LogP contribution in [0.15, 0.2) is 82.6 Å². The standard InChI is InChI=1S/C22H20N2O2S/c1-15(16-11-13-17(26-2)14-12-16)23-22(25)24-18-7-3-5-9-20(18)27-21-10-6-4-8-19(21)24/h3-15H,1-2H3,(H,23,25)/t15-/m1/s1. The van der Waals surface area contributed by atoms with Crippen LogP contribution in [-0.2, 0) is 0 Å². The van der Waals surface area contributed by atoms with Crippen LogP contribution in [0.3, 0.4) is 0 Å².